The van der Waals surface area contributed by atoms with E-state index in [0.717, 1.165) is 0 Å². The number of fused-ring (bicyclic) bond motifs is 1. The van der Waals surface area contributed by atoms with Gasteiger partial charge in [-0.2, -0.15) is 0 Å². The SMILES string of the molecule is Cc1cc(O)c(CN2CCN(c3ccccc3F)CC2)c2c1C(=O)/C(=C/c1ccccn1)O2. The summed E-state index contributed by atoms with van der Waals surface area (Å²) in [7, 11) is 0. The second kappa shape index (κ2) is 8.67. The van der Waals surface area contributed by atoms with Crippen LogP contribution in [0.2, 0.25) is 0 Å². The second-order valence-electron chi connectivity index (χ2n) is 8.30. The standard InChI is InChI=1S/C26H24FN3O3/c1-17-14-22(31)19(16-29-10-12-30(13-11-29)21-8-3-2-7-20(21)27)26-24(17)25(32)23(33-26)15-18-6-4-5-9-28-18/h2-9,14-15,31H,10-13,16H2,1H3/b23-15-. The lowest BCUT2D eigenvalue weighted by Crippen LogP contribution is -2.46. The van der Waals surface area contributed by atoms with Crippen molar-refractivity contribution in [3.8, 4) is 11.5 Å². The van der Waals surface area contributed by atoms with Gasteiger partial charge in [0.2, 0.25) is 5.78 Å². The van der Waals surface area contributed by atoms with Crippen LogP contribution in [0.4, 0.5) is 10.1 Å². The number of para-hydroxylation sites is 1. The molecule has 0 atom stereocenters. The molecule has 168 valence electrons. The smallest absolute Gasteiger partial charge is 0.232 e. The largest absolute Gasteiger partial charge is 0.507 e. The third-order valence-corrected chi connectivity index (χ3v) is 6.13. The van der Waals surface area contributed by atoms with Gasteiger partial charge in [-0.15, -0.1) is 0 Å². The first-order valence-electron chi connectivity index (χ1n) is 10.9. The normalized spacial score (nSPS) is 17.3. The Morgan fingerprint density at radius 2 is 1.88 bits per heavy atom. The molecule has 3 heterocycles. The maximum Gasteiger partial charge on any atom is 0.232 e. The van der Waals surface area contributed by atoms with E-state index in [4.69, 9.17) is 4.74 Å². The van der Waals surface area contributed by atoms with E-state index >= 15 is 0 Å². The molecule has 7 heteroatoms. The summed E-state index contributed by atoms with van der Waals surface area (Å²) in [6.45, 7) is 4.95. The first-order valence-corrected chi connectivity index (χ1v) is 10.9. The Bertz CT molecular complexity index is 1240. The molecule has 1 fully saturated rings. The van der Waals surface area contributed by atoms with E-state index in [1.807, 2.05) is 17.0 Å². The van der Waals surface area contributed by atoms with Crippen LogP contribution in [0.3, 0.4) is 0 Å². The van der Waals surface area contributed by atoms with Gasteiger partial charge in [0.05, 0.1) is 22.5 Å². The molecule has 2 aromatic carbocycles. The number of phenolic OH excluding ortho intramolecular Hbond substituents is 1. The Kier molecular flexibility index (Phi) is 5.56. The molecule has 1 N–H and O–H groups in total. The number of aryl methyl sites for hydroxylation is 1. The van der Waals surface area contributed by atoms with Crippen LogP contribution < -0.4 is 9.64 Å². The second-order valence-corrected chi connectivity index (χ2v) is 8.30. The van der Waals surface area contributed by atoms with Crippen molar-refractivity contribution < 1.29 is 19.0 Å². The molecule has 1 aromatic heterocycles. The Morgan fingerprint density at radius 1 is 1.12 bits per heavy atom. The van der Waals surface area contributed by atoms with E-state index in [1.54, 1.807) is 49.5 Å². The number of phenols is 1. The van der Waals surface area contributed by atoms with Crippen LogP contribution >= 0.6 is 0 Å². The Morgan fingerprint density at radius 3 is 2.61 bits per heavy atom. The number of pyridine rings is 1. The molecular formula is C26H24FN3O3. The van der Waals surface area contributed by atoms with Gasteiger partial charge in [-0.25, -0.2) is 4.39 Å². The molecule has 0 saturated carbocycles. The molecule has 0 aliphatic carbocycles. The van der Waals surface area contributed by atoms with Gasteiger partial charge in [-0.1, -0.05) is 18.2 Å². The number of hydrogen-bond donors (Lipinski definition) is 1. The van der Waals surface area contributed by atoms with E-state index in [-0.39, 0.29) is 23.1 Å². The Hall–Kier alpha value is -3.71. The van der Waals surface area contributed by atoms with Gasteiger partial charge in [0.15, 0.2) is 5.76 Å². The Labute approximate surface area is 191 Å². The van der Waals surface area contributed by atoms with E-state index in [0.29, 0.717) is 66.5 Å². The summed E-state index contributed by atoms with van der Waals surface area (Å²) in [5, 5.41) is 10.7. The average molecular weight is 445 g/mol. The zero-order chi connectivity index (χ0) is 22.9. The molecule has 2 aliphatic heterocycles. The lowest BCUT2D eigenvalue weighted by atomic mass is 9.99. The van der Waals surface area contributed by atoms with Gasteiger partial charge >= 0.3 is 0 Å². The third-order valence-electron chi connectivity index (χ3n) is 6.13. The number of anilines is 1. The highest BCUT2D eigenvalue weighted by molar-refractivity contribution is 6.15. The number of ether oxygens (including phenoxy) is 1. The number of halogens is 1. The fourth-order valence-corrected chi connectivity index (χ4v) is 4.41. The highest BCUT2D eigenvalue weighted by Gasteiger charge is 2.34. The van der Waals surface area contributed by atoms with E-state index in [9.17, 15) is 14.3 Å². The minimum atomic E-state index is -0.223. The molecule has 33 heavy (non-hydrogen) atoms. The van der Waals surface area contributed by atoms with Gasteiger partial charge < -0.3 is 14.7 Å². The number of aromatic nitrogens is 1. The highest BCUT2D eigenvalue weighted by atomic mass is 19.1. The monoisotopic (exact) mass is 445 g/mol. The number of aromatic hydroxyl groups is 1. The quantitative estimate of drug-likeness (QED) is 0.608. The number of allylic oxidation sites excluding steroid dienone is 1. The maximum atomic E-state index is 14.1. The number of carbonyl (C=O) groups excluding carboxylic acids is 1. The predicted molar refractivity (Wildman–Crippen MR) is 124 cm³/mol. The van der Waals surface area contributed by atoms with Crippen molar-refractivity contribution in [3.63, 3.8) is 0 Å². The Balaban J connectivity index is 1.37. The number of nitrogens with zero attached hydrogens (tertiary/aromatic N) is 3. The summed E-state index contributed by atoms with van der Waals surface area (Å²) in [6, 6.07) is 13.9. The lowest BCUT2D eigenvalue weighted by Gasteiger charge is -2.36. The van der Waals surface area contributed by atoms with Crippen molar-refractivity contribution in [2.24, 2.45) is 0 Å². The van der Waals surface area contributed by atoms with Crippen LogP contribution in [0.1, 0.15) is 27.2 Å². The van der Waals surface area contributed by atoms with Crippen molar-refractivity contribution in [1.82, 2.24) is 9.88 Å². The number of carbonyl (C=O) groups is 1. The van der Waals surface area contributed by atoms with Crippen molar-refractivity contribution in [2.75, 3.05) is 31.1 Å². The zero-order valence-corrected chi connectivity index (χ0v) is 18.3. The molecule has 1 saturated heterocycles. The fourth-order valence-electron chi connectivity index (χ4n) is 4.41. The van der Waals surface area contributed by atoms with Crippen LogP contribution in [0.5, 0.6) is 11.5 Å². The molecule has 3 aromatic rings. The summed E-state index contributed by atoms with van der Waals surface area (Å²) in [5.41, 5.74) is 2.98. The minimum absolute atomic E-state index is 0.106. The molecule has 6 nitrogen and oxygen atoms in total. The van der Waals surface area contributed by atoms with Gasteiger partial charge in [0.1, 0.15) is 17.3 Å². The van der Waals surface area contributed by atoms with Crippen molar-refractivity contribution in [2.45, 2.75) is 13.5 Å². The lowest BCUT2D eigenvalue weighted by molar-refractivity contribution is 0.101. The number of rotatable bonds is 4. The van der Waals surface area contributed by atoms with Crippen LogP contribution in [0, 0.1) is 12.7 Å². The number of piperazine rings is 1. The highest BCUT2D eigenvalue weighted by Crippen LogP contribution is 2.42. The van der Waals surface area contributed by atoms with Crippen LogP contribution in [-0.4, -0.2) is 47.0 Å². The molecule has 5 rings (SSSR count). The van der Waals surface area contributed by atoms with Crippen LogP contribution in [0.25, 0.3) is 6.08 Å². The first kappa shape index (κ1) is 21.2. The summed E-state index contributed by atoms with van der Waals surface area (Å²) in [6.07, 6.45) is 3.28. The number of benzene rings is 2. The van der Waals surface area contributed by atoms with E-state index in [1.165, 1.54) is 6.07 Å². The summed E-state index contributed by atoms with van der Waals surface area (Å²) >= 11 is 0. The minimum Gasteiger partial charge on any atom is -0.507 e. The molecule has 0 spiro atoms. The maximum absolute atomic E-state index is 14.1. The van der Waals surface area contributed by atoms with Gasteiger partial charge in [0, 0.05) is 45.0 Å². The fraction of sp³-hybridized carbons (Fsp3) is 0.231. The molecule has 0 amide bonds. The van der Waals surface area contributed by atoms with Gasteiger partial charge in [0.25, 0.3) is 0 Å². The van der Waals surface area contributed by atoms with Crippen LogP contribution in [-0.2, 0) is 6.54 Å². The topological polar surface area (TPSA) is 65.9 Å². The third kappa shape index (κ3) is 4.07. The first-order chi connectivity index (χ1) is 16.0. The van der Waals surface area contributed by atoms with E-state index in [2.05, 4.69) is 9.88 Å². The van der Waals surface area contributed by atoms with Gasteiger partial charge in [-0.05, 0) is 42.8 Å². The van der Waals surface area contributed by atoms with E-state index < -0.39 is 0 Å². The number of Topliss-reactive ketones (excluding diaryl/α,β-unsaturated/α-hetero) is 1. The predicted octanol–water partition coefficient (Wildman–Crippen LogP) is 4.17. The molecular weight excluding hydrogens is 421 g/mol. The molecule has 0 bridgehead atoms. The zero-order valence-electron chi connectivity index (χ0n) is 18.3. The molecule has 2 aliphatic rings. The summed E-state index contributed by atoms with van der Waals surface area (Å²) in [4.78, 5) is 21.5. The van der Waals surface area contributed by atoms with Crippen molar-refractivity contribution >= 4 is 17.5 Å². The number of ketones is 1. The van der Waals surface area contributed by atoms with Crippen molar-refractivity contribution in [3.05, 3.63) is 88.7 Å². The van der Waals surface area contributed by atoms with Crippen molar-refractivity contribution in [1.29, 1.82) is 0 Å². The molecule has 0 radical (unpaired) electrons. The van der Waals surface area contributed by atoms with Crippen LogP contribution in [0.15, 0.2) is 60.5 Å². The summed E-state index contributed by atoms with van der Waals surface area (Å²) < 4.78 is 20.1. The summed E-state index contributed by atoms with van der Waals surface area (Å²) in [5.74, 6) is 0.284. The van der Waals surface area contributed by atoms with Gasteiger partial charge in [-0.3, -0.25) is 14.7 Å². The average Bonchev–Trinajstić information content (AvgIpc) is 3.14. The number of hydrogen-bond acceptors (Lipinski definition) is 6. The molecule has 0 unspecified atom stereocenters.